The van der Waals surface area contributed by atoms with Gasteiger partial charge in [0.05, 0.1) is 6.61 Å². The van der Waals surface area contributed by atoms with Crippen molar-refractivity contribution in [3.63, 3.8) is 0 Å². The van der Waals surface area contributed by atoms with E-state index in [9.17, 15) is 44.6 Å². The minimum absolute atomic E-state index is 0.0415. The Labute approximate surface area is 401 Å². The molecule has 0 aliphatic heterocycles. The zero-order valence-corrected chi connectivity index (χ0v) is 41.0. The van der Waals surface area contributed by atoms with Crippen LogP contribution in [0.4, 0.5) is 0 Å². The maximum absolute atomic E-state index is 12.8. The molecule has 8 atom stereocenters. The first-order valence-electron chi connectivity index (χ1n) is 24.3. The topological polar surface area (TPSA) is 210 Å². The summed E-state index contributed by atoms with van der Waals surface area (Å²) in [4.78, 5) is 35.8. The molecule has 6 N–H and O–H groups in total. The van der Waals surface area contributed by atoms with Gasteiger partial charge in [-0.3, -0.25) is 18.6 Å². The second-order valence-corrected chi connectivity index (χ2v) is 17.6. The molecule has 67 heavy (non-hydrogen) atoms. The van der Waals surface area contributed by atoms with Crippen LogP contribution in [0.3, 0.4) is 0 Å². The number of phosphoric ester groups is 1. The van der Waals surface area contributed by atoms with Crippen molar-refractivity contribution < 1.29 is 63.1 Å². The summed E-state index contributed by atoms with van der Waals surface area (Å²) in [6.45, 7) is 3.00. The summed E-state index contributed by atoms with van der Waals surface area (Å²) in [5.41, 5.74) is 0. The lowest BCUT2D eigenvalue weighted by Gasteiger charge is -2.41. The highest BCUT2D eigenvalue weighted by Gasteiger charge is 2.51. The standard InChI is InChI=1S/C53H83O13P/c1-3-5-7-9-11-13-15-17-19-21-23-25-27-29-31-33-35-37-39-41-46(54)63-43-45(44-64-67(61,62)66-53-51(59)49(57)48(56)50(58)52(53)60)65-47(55)42-40-38-36-34-32-30-28-26-24-22-20-18-16-14-12-10-8-6-4-2/h5-8,11-14,17-20,23-26,29-32,45,48-53,56-60H,3-4,9-10,15-16,21-22,27-28,33-44H2,1-2H3,(H,61,62)/b7-5+,8-6+,13-11+,14-12+,19-17+,20-18+,25-23+,26-24+,31-29+,32-30+/t45-,48?,49-,50?,51?,52?,53?/m0/s1. The third-order valence-electron chi connectivity index (χ3n) is 10.3. The fourth-order valence-electron chi connectivity index (χ4n) is 6.46. The number of phosphoric acid groups is 1. The Morgan fingerprint density at radius 2 is 0.806 bits per heavy atom. The fourth-order valence-corrected chi connectivity index (χ4v) is 7.43. The molecule has 6 unspecified atom stereocenters. The van der Waals surface area contributed by atoms with Crippen molar-refractivity contribution >= 4 is 19.8 Å². The Balaban J connectivity index is 2.50. The van der Waals surface area contributed by atoms with E-state index in [4.69, 9.17) is 18.5 Å². The highest BCUT2D eigenvalue weighted by molar-refractivity contribution is 7.47. The minimum Gasteiger partial charge on any atom is -0.462 e. The van der Waals surface area contributed by atoms with Crippen LogP contribution in [0.1, 0.15) is 142 Å². The number of ether oxygens (including phenoxy) is 2. The van der Waals surface area contributed by atoms with Crippen LogP contribution in [0, 0.1) is 0 Å². The smallest absolute Gasteiger partial charge is 0.462 e. The van der Waals surface area contributed by atoms with Gasteiger partial charge in [0.1, 0.15) is 43.2 Å². The average Bonchev–Trinajstić information content (AvgIpc) is 3.31. The molecule has 0 saturated heterocycles. The van der Waals surface area contributed by atoms with Gasteiger partial charge in [-0.1, -0.05) is 148 Å². The van der Waals surface area contributed by atoms with Crippen LogP contribution in [0.5, 0.6) is 0 Å². The van der Waals surface area contributed by atoms with Crippen molar-refractivity contribution in [1.29, 1.82) is 0 Å². The van der Waals surface area contributed by atoms with Gasteiger partial charge < -0.3 is 39.9 Å². The second kappa shape index (κ2) is 41.2. The first kappa shape index (κ1) is 61.3. The van der Waals surface area contributed by atoms with Gasteiger partial charge in [-0.25, -0.2) is 4.57 Å². The van der Waals surface area contributed by atoms with Crippen molar-refractivity contribution in [2.45, 2.75) is 185 Å². The van der Waals surface area contributed by atoms with Crippen molar-refractivity contribution in [2.24, 2.45) is 0 Å². The molecule has 1 aliphatic carbocycles. The van der Waals surface area contributed by atoms with Crippen LogP contribution in [-0.2, 0) is 32.7 Å². The van der Waals surface area contributed by atoms with Crippen LogP contribution in [-0.4, -0.2) is 98.3 Å². The molecule has 0 spiro atoms. The van der Waals surface area contributed by atoms with Crippen LogP contribution < -0.4 is 0 Å². The number of aliphatic hydroxyl groups is 5. The summed E-state index contributed by atoms with van der Waals surface area (Å²) in [5.74, 6) is -1.19. The summed E-state index contributed by atoms with van der Waals surface area (Å²) in [6.07, 6.45) is 45.3. The number of unbranched alkanes of at least 4 members (excludes halogenated alkanes) is 6. The largest absolute Gasteiger partial charge is 0.472 e. The van der Waals surface area contributed by atoms with Crippen molar-refractivity contribution in [3.8, 4) is 0 Å². The molecule has 0 heterocycles. The van der Waals surface area contributed by atoms with E-state index < -0.39 is 75.7 Å². The van der Waals surface area contributed by atoms with Crippen molar-refractivity contribution in [2.75, 3.05) is 13.2 Å². The van der Waals surface area contributed by atoms with E-state index >= 15 is 0 Å². The van der Waals surface area contributed by atoms with E-state index in [0.717, 1.165) is 103 Å². The van der Waals surface area contributed by atoms with Crippen LogP contribution in [0.15, 0.2) is 122 Å². The Bertz CT molecular complexity index is 1630. The number of rotatable bonds is 38. The van der Waals surface area contributed by atoms with E-state index in [1.807, 2.05) is 0 Å². The fraction of sp³-hybridized carbons (Fsp3) is 0.585. The number of carbonyl (C=O) groups is 2. The van der Waals surface area contributed by atoms with Gasteiger partial charge >= 0.3 is 19.8 Å². The van der Waals surface area contributed by atoms with Gasteiger partial charge in [0.2, 0.25) is 0 Å². The first-order valence-corrected chi connectivity index (χ1v) is 25.8. The molecule has 0 aromatic heterocycles. The summed E-state index contributed by atoms with van der Waals surface area (Å²) in [5, 5.41) is 50.2. The van der Waals surface area contributed by atoms with Crippen LogP contribution >= 0.6 is 7.82 Å². The average molecular weight is 959 g/mol. The lowest BCUT2D eigenvalue weighted by molar-refractivity contribution is -0.220. The molecule has 0 radical (unpaired) electrons. The zero-order valence-electron chi connectivity index (χ0n) is 40.1. The lowest BCUT2D eigenvalue weighted by atomic mass is 9.85. The number of allylic oxidation sites excluding steroid dienone is 20. The monoisotopic (exact) mass is 959 g/mol. The van der Waals surface area contributed by atoms with Gasteiger partial charge in [-0.15, -0.1) is 0 Å². The minimum atomic E-state index is -5.15. The third kappa shape index (κ3) is 33.4. The third-order valence-corrected chi connectivity index (χ3v) is 11.3. The molecule has 1 saturated carbocycles. The Kier molecular flexibility index (Phi) is 37.7. The molecule has 0 aromatic rings. The number of carbonyl (C=O) groups excluding carboxylic acids is 2. The quantitative estimate of drug-likeness (QED) is 0.0148. The summed E-state index contributed by atoms with van der Waals surface area (Å²) >= 11 is 0. The van der Waals surface area contributed by atoms with Gasteiger partial charge in [0.15, 0.2) is 6.10 Å². The number of esters is 2. The van der Waals surface area contributed by atoms with Gasteiger partial charge in [-0.2, -0.15) is 0 Å². The van der Waals surface area contributed by atoms with E-state index in [0.29, 0.717) is 12.8 Å². The van der Waals surface area contributed by atoms with Crippen LogP contribution in [0.2, 0.25) is 0 Å². The lowest BCUT2D eigenvalue weighted by Crippen LogP contribution is -2.64. The maximum atomic E-state index is 12.8. The predicted octanol–water partition coefficient (Wildman–Crippen LogP) is 10.2. The van der Waals surface area contributed by atoms with Gasteiger partial charge in [0, 0.05) is 12.8 Å². The molecule has 1 aliphatic rings. The summed E-state index contributed by atoms with van der Waals surface area (Å²) < 4.78 is 33.5. The van der Waals surface area contributed by atoms with Crippen molar-refractivity contribution in [3.05, 3.63) is 122 Å². The molecular formula is C53H83O13P. The zero-order chi connectivity index (χ0) is 49.2. The Morgan fingerprint density at radius 3 is 1.19 bits per heavy atom. The molecule has 13 nitrogen and oxygen atoms in total. The molecule has 1 fully saturated rings. The maximum Gasteiger partial charge on any atom is 0.472 e. The number of aliphatic hydroxyl groups excluding tert-OH is 5. The first-order chi connectivity index (χ1) is 32.4. The molecule has 0 amide bonds. The van der Waals surface area contributed by atoms with Crippen molar-refractivity contribution in [1.82, 2.24) is 0 Å². The van der Waals surface area contributed by atoms with E-state index in [-0.39, 0.29) is 12.8 Å². The van der Waals surface area contributed by atoms with E-state index in [1.54, 1.807) is 0 Å². The predicted molar refractivity (Wildman–Crippen MR) is 267 cm³/mol. The molecule has 0 aromatic carbocycles. The molecule has 378 valence electrons. The van der Waals surface area contributed by atoms with Gasteiger partial charge in [-0.05, 0) is 103 Å². The van der Waals surface area contributed by atoms with E-state index in [1.165, 1.54) is 0 Å². The highest BCUT2D eigenvalue weighted by atomic mass is 31.2. The summed E-state index contributed by atoms with van der Waals surface area (Å²) in [6, 6.07) is 0. The molecular weight excluding hydrogens is 876 g/mol. The van der Waals surface area contributed by atoms with Gasteiger partial charge in [0.25, 0.3) is 0 Å². The number of hydrogen-bond acceptors (Lipinski definition) is 12. The highest BCUT2D eigenvalue weighted by Crippen LogP contribution is 2.47. The molecule has 1 rings (SSSR count). The SMILES string of the molecule is CC/C=C/C/C=C/C/C=C/C/C=C/C/C=C/CCCCCC(=O)OC[C@@H](COP(=O)(O)OC1C(O)C(O)C(O)[C@H](O)C1O)OC(=O)CCCCC/C=C/C/C=C/C/C=C/C/C=C/C/C=C/CC. The Morgan fingerprint density at radius 1 is 0.463 bits per heavy atom. The van der Waals surface area contributed by atoms with E-state index in [2.05, 4.69) is 135 Å². The number of hydrogen-bond donors (Lipinski definition) is 6. The molecule has 0 bridgehead atoms. The molecule has 14 heteroatoms. The second-order valence-electron chi connectivity index (χ2n) is 16.2. The Hall–Kier alpha value is -3.75. The normalized spacial score (nSPS) is 22.2. The summed E-state index contributed by atoms with van der Waals surface area (Å²) in [7, 11) is -5.15. The van der Waals surface area contributed by atoms with Crippen LogP contribution in [0.25, 0.3) is 0 Å².